The number of anilines is 1. The van der Waals surface area contributed by atoms with Crippen molar-refractivity contribution in [3.63, 3.8) is 0 Å². The van der Waals surface area contributed by atoms with Crippen LogP contribution in [0.15, 0.2) is 36.5 Å². The second-order valence-electron chi connectivity index (χ2n) is 7.04. The predicted molar refractivity (Wildman–Crippen MR) is 110 cm³/mol. The fourth-order valence-corrected chi connectivity index (χ4v) is 3.75. The zero-order chi connectivity index (χ0) is 19.3. The lowest BCUT2D eigenvalue weighted by Crippen LogP contribution is -2.47. The molecule has 0 saturated carbocycles. The van der Waals surface area contributed by atoms with Crippen LogP contribution in [-0.2, 0) is 6.42 Å². The molecule has 1 aliphatic heterocycles. The molecule has 148 valence electrons. The van der Waals surface area contributed by atoms with Gasteiger partial charge in [0.25, 0.3) is 0 Å². The number of aryl methyl sites for hydroxylation is 1. The van der Waals surface area contributed by atoms with Gasteiger partial charge in [0.05, 0.1) is 20.3 Å². The molecule has 0 amide bonds. The van der Waals surface area contributed by atoms with Crippen molar-refractivity contribution in [3.8, 4) is 11.8 Å². The maximum atomic E-state index is 5.26. The van der Waals surface area contributed by atoms with Crippen LogP contribution in [0.5, 0.6) is 11.8 Å². The number of ether oxygens (including phenoxy) is 2. The lowest BCUT2D eigenvalue weighted by molar-refractivity contribution is 0.253. The molecule has 28 heavy (non-hydrogen) atoms. The van der Waals surface area contributed by atoms with Crippen LogP contribution in [-0.4, -0.2) is 66.8 Å². The molecule has 0 radical (unpaired) electrons. The number of benzene rings is 1. The Morgan fingerprint density at radius 1 is 1.00 bits per heavy atom. The van der Waals surface area contributed by atoms with E-state index < -0.39 is 0 Å². The maximum Gasteiger partial charge on any atom is 0.232 e. The molecule has 0 atom stereocenters. The van der Waals surface area contributed by atoms with Crippen molar-refractivity contribution in [2.75, 3.05) is 51.8 Å². The number of H-pyrrole nitrogens is 1. The minimum absolute atomic E-state index is 0.531. The third kappa shape index (κ3) is 4.04. The Kier molecular flexibility index (Phi) is 5.62. The molecule has 1 aromatic carbocycles. The molecule has 3 aromatic rings. The SMILES string of the molecule is COc1cc(OC)nc(N2CCN(CCCc3c[nH]c4ccccc34)CC2)n1. The first kappa shape index (κ1) is 18.6. The summed E-state index contributed by atoms with van der Waals surface area (Å²) in [5.74, 6) is 1.74. The van der Waals surface area contributed by atoms with Gasteiger partial charge in [-0.25, -0.2) is 0 Å². The standard InChI is InChI=1S/C21H27N5O2/c1-27-19-14-20(28-2)24-21(23-19)26-12-10-25(11-13-26)9-5-6-16-15-22-18-8-4-3-7-17(16)18/h3-4,7-8,14-15,22H,5-6,9-13H2,1-2H3. The monoisotopic (exact) mass is 381 g/mol. The van der Waals surface area contributed by atoms with Gasteiger partial charge in [-0.15, -0.1) is 0 Å². The zero-order valence-electron chi connectivity index (χ0n) is 16.5. The largest absolute Gasteiger partial charge is 0.481 e. The zero-order valence-corrected chi connectivity index (χ0v) is 16.5. The van der Waals surface area contributed by atoms with Gasteiger partial charge in [-0.05, 0) is 31.0 Å². The van der Waals surface area contributed by atoms with E-state index in [4.69, 9.17) is 9.47 Å². The Labute approximate surface area is 165 Å². The molecule has 7 heteroatoms. The van der Waals surface area contributed by atoms with E-state index in [1.807, 2.05) is 0 Å². The van der Waals surface area contributed by atoms with Crippen LogP contribution < -0.4 is 14.4 Å². The van der Waals surface area contributed by atoms with Crippen LogP contribution in [0.1, 0.15) is 12.0 Å². The highest BCUT2D eigenvalue weighted by Crippen LogP contribution is 2.22. The molecular weight excluding hydrogens is 354 g/mol. The smallest absolute Gasteiger partial charge is 0.232 e. The molecule has 1 aliphatic rings. The number of hydrogen-bond acceptors (Lipinski definition) is 6. The first-order valence-corrected chi connectivity index (χ1v) is 9.76. The highest BCUT2D eigenvalue weighted by atomic mass is 16.5. The molecule has 1 fully saturated rings. The van der Waals surface area contributed by atoms with Crippen LogP contribution in [0.25, 0.3) is 10.9 Å². The fourth-order valence-electron chi connectivity index (χ4n) is 3.75. The number of para-hydroxylation sites is 1. The van der Waals surface area contributed by atoms with E-state index in [-0.39, 0.29) is 0 Å². The van der Waals surface area contributed by atoms with Crippen molar-refractivity contribution in [2.24, 2.45) is 0 Å². The van der Waals surface area contributed by atoms with Crippen molar-refractivity contribution in [2.45, 2.75) is 12.8 Å². The Balaban J connectivity index is 1.29. The van der Waals surface area contributed by atoms with Gasteiger partial charge >= 0.3 is 0 Å². The minimum Gasteiger partial charge on any atom is -0.481 e. The third-order valence-corrected chi connectivity index (χ3v) is 5.34. The van der Waals surface area contributed by atoms with Crippen molar-refractivity contribution in [1.82, 2.24) is 19.9 Å². The summed E-state index contributed by atoms with van der Waals surface area (Å²) in [6.07, 6.45) is 4.40. The maximum absolute atomic E-state index is 5.26. The van der Waals surface area contributed by atoms with Gasteiger partial charge in [-0.3, -0.25) is 4.90 Å². The molecule has 3 heterocycles. The molecule has 4 rings (SSSR count). The van der Waals surface area contributed by atoms with Gasteiger partial charge in [0.1, 0.15) is 0 Å². The summed E-state index contributed by atoms with van der Waals surface area (Å²) in [4.78, 5) is 17.0. The summed E-state index contributed by atoms with van der Waals surface area (Å²) < 4.78 is 10.5. The number of nitrogens with one attached hydrogen (secondary N) is 1. The normalized spacial score (nSPS) is 15.1. The summed E-state index contributed by atoms with van der Waals surface area (Å²) in [7, 11) is 3.22. The summed E-state index contributed by atoms with van der Waals surface area (Å²) >= 11 is 0. The molecule has 1 N–H and O–H groups in total. The molecule has 2 aromatic heterocycles. The van der Waals surface area contributed by atoms with Crippen LogP contribution in [0.3, 0.4) is 0 Å². The van der Waals surface area contributed by atoms with Gasteiger partial charge in [-0.2, -0.15) is 9.97 Å². The Bertz CT molecular complexity index is 896. The van der Waals surface area contributed by atoms with Gasteiger partial charge in [0.2, 0.25) is 17.7 Å². The summed E-state index contributed by atoms with van der Waals surface area (Å²) in [5, 5.41) is 1.34. The van der Waals surface area contributed by atoms with Crippen molar-refractivity contribution in [3.05, 3.63) is 42.1 Å². The van der Waals surface area contributed by atoms with Crippen molar-refractivity contribution < 1.29 is 9.47 Å². The van der Waals surface area contributed by atoms with E-state index in [9.17, 15) is 0 Å². The number of aromatic nitrogens is 3. The quantitative estimate of drug-likeness (QED) is 0.679. The summed E-state index contributed by atoms with van der Waals surface area (Å²) in [5.41, 5.74) is 2.63. The number of piperazine rings is 1. The first-order chi connectivity index (χ1) is 13.8. The van der Waals surface area contributed by atoms with Gasteiger partial charge < -0.3 is 19.4 Å². The molecule has 0 aliphatic carbocycles. The molecule has 1 saturated heterocycles. The highest BCUT2D eigenvalue weighted by molar-refractivity contribution is 5.82. The lowest BCUT2D eigenvalue weighted by Gasteiger charge is -2.34. The first-order valence-electron chi connectivity index (χ1n) is 9.76. The van der Waals surface area contributed by atoms with Gasteiger partial charge in [0, 0.05) is 43.3 Å². The average Bonchev–Trinajstić information content (AvgIpc) is 3.17. The Morgan fingerprint density at radius 2 is 1.71 bits per heavy atom. The molecule has 0 unspecified atom stereocenters. The Morgan fingerprint density at radius 3 is 2.43 bits per heavy atom. The fraction of sp³-hybridized carbons (Fsp3) is 0.429. The van der Waals surface area contributed by atoms with Gasteiger partial charge in [-0.1, -0.05) is 18.2 Å². The minimum atomic E-state index is 0.531. The van der Waals surface area contributed by atoms with Gasteiger partial charge in [0.15, 0.2) is 0 Å². The number of hydrogen-bond donors (Lipinski definition) is 1. The number of fused-ring (bicyclic) bond motifs is 1. The van der Waals surface area contributed by atoms with E-state index >= 15 is 0 Å². The molecule has 0 spiro atoms. The molecular formula is C21H27N5O2. The van der Waals surface area contributed by atoms with Crippen LogP contribution in [0.4, 0.5) is 5.95 Å². The van der Waals surface area contributed by atoms with E-state index in [1.165, 1.54) is 16.5 Å². The van der Waals surface area contributed by atoms with E-state index in [1.54, 1.807) is 20.3 Å². The predicted octanol–water partition coefficient (Wildman–Crippen LogP) is 2.73. The number of nitrogens with zero attached hydrogens (tertiary/aromatic N) is 4. The number of aromatic amines is 1. The second-order valence-corrected chi connectivity index (χ2v) is 7.04. The van der Waals surface area contributed by atoms with Crippen molar-refractivity contribution in [1.29, 1.82) is 0 Å². The molecule has 7 nitrogen and oxygen atoms in total. The van der Waals surface area contributed by atoms with E-state index in [0.717, 1.165) is 45.6 Å². The van der Waals surface area contributed by atoms with E-state index in [2.05, 4.69) is 55.2 Å². The number of methoxy groups -OCH3 is 2. The second kappa shape index (κ2) is 8.48. The van der Waals surface area contributed by atoms with Crippen LogP contribution in [0.2, 0.25) is 0 Å². The Hall–Kier alpha value is -2.80. The van der Waals surface area contributed by atoms with E-state index in [0.29, 0.717) is 17.7 Å². The van der Waals surface area contributed by atoms with Crippen LogP contribution >= 0.6 is 0 Å². The third-order valence-electron chi connectivity index (χ3n) is 5.34. The highest BCUT2D eigenvalue weighted by Gasteiger charge is 2.20. The molecule has 0 bridgehead atoms. The summed E-state index contributed by atoms with van der Waals surface area (Å²) in [6.45, 7) is 4.94. The van der Waals surface area contributed by atoms with Crippen LogP contribution in [0, 0.1) is 0 Å². The average molecular weight is 381 g/mol. The summed E-state index contributed by atoms with van der Waals surface area (Å²) in [6, 6.07) is 10.2. The lowest BCUT2D eigenvalue weighted by atomic mass is 10.1. The number of rotatable bonds is 7. The van der Waals surface area contributed by atoms with Crippen molar-refractivity contribution >= 4 is 16.9 Å². The topological polar surface area (TPSA) is 66.5 Å².